The van der Waals surface area contributed by atoms with E-state index < -0.39 is 116 Å². The van der Waals surface area contributed by atoms with Gasteiger partial charge in [0.15, 0.2) is 12.5 Å². The van der Waals surface area contributed by atoms with Crippen LogP contribution in [0.25, 0.3) is 0 Å². The Kier molecular flexibility index (Phi) is 13.6. The Bertz CT molecular complexity index is 1920. The molecule has 2 aromatic rings. The summed E-state index contributed by atoms with van der Waals surface area (Å²) >= 11 is 0. The van der Waals surface area contributed by atoms with Crippen LogP contribution < -0.4 is 22.5 Å². The van der Waals surface area contributed by atoms with Crippen molar-refractivity contribution < 1.29 is 95.2 Å². The minimum Gasteiger partial charge on any atom is -0.387 e. The summed E-state index contributed by atoms with van der Waals surface area (Å²) < 4.78 is 72.5. The van der Waals surface area contributed by atoms with Crippen LogP contribution >= 0.6 is 31.3 Å². The van der Waals surface area contributed by atoms with Crippen LogP contribution in [0, 0.1) is 0 Å². The molecule has 2 aliphatic heterocycles. The molecule has 8 atom stereocenters. The normalized spacial score (nSPS) is 27.6. The van der Waals surface area contributed by atoms with Crippen molar-refractivity contribution >= 4 is 31.3 Å². The van der Waals surface area contributed by atoms with E-state index in [-0.39, 0.29) is 0 Å². The van der Waals surface area contributed by atoms with Crippen molar-refractivity contribution in [3.8, 4) is 0 Å². The van der Waals surface area contributed by atoms with E-state index in [1.165, 1.54) is 0 Å². The number of H-pyrrole nitrogens is 2. The quantitative estimate of drug-likeness (QED) is 0.0891. The van der Waals surface area contributed by atoms with Crippen molar-refractivity contribution in [3.05, 3.63) is 66.2 Å². The SMILES string of the molecule is O=c1ccn([C@@H]2O[C@H](COP(=O)(O)O)[C@@H](O)[C@H]2OP(=O)(O)O)c(=O)[nH]1.O=c1ccn([C@@H]2O[C@H](COP(=O)(O)O)[C@@H](OP(=O)(O)O)[C@H]2O)c(=O)[nH]1. The molecule has 0 amide bonds. The van der Waals surface area contributed by atoms with Crippen LogP contribution in [0.4, 0.5) is 0 Å². The van der Waals surface area contributed by atoms with Gasteiger partial charge >= 0.3 is 42.7 Å². The number of hydrogen-bond donors (Lipinski definition) is 12. The zero-order valence-electron chi connectivity index (χ0n) is 24.2. The fourth-order valence-corrected chi connectivity index (χ4v) is 6.13. The Morgan fingerprint density at radius 3 is 1.42 bits per heavy atom. The summed E-state index contributed by atoms with van der Waals surface area (Å²) in [7, 11) is -20.1. The van der Waals surface area contributed by atoms with E-state index in [0.717, 1.165) is 24.5 Å². The molecule has 284 valence electrons. The highest BCUT2D eigenvalue weighted by Crippen LogP contribution is 2.46. The molecule has 32 heteroatoms. The van der Waals surface area contributed by atoms with Crippen molar-refractivity contribution in [2.75, 3.05) is 13.2 Å². The monoisotopic (exact) mass is 808 g/mol. The molecule has 2 saturated heterocycles. The number of aliphatic hydroxyl groups excluding tert-OH is 2. The second-order valence-corrected chi connectivity index (χ2v) is 14.7. The number of ether oxygens (including phenoxy) is 2. The maximum atomic E-state index is 11.8. The Morgan fingerprint density at radius 1 is 0.600 bits per heavy atom. The van der Waals surface area contributed by atoms with E-state index in [4.69, 9.17) is 48.6 Å². The lowest BCUT2D eigenvalue weighted by Crippen LogP contribution is -2.38. The summed E-state index contributed by atoms with van der Waals surface area (Å²) in [5, 5.41) is 20.2. The summed E-state index contributed by atoms with van der Waals surface area (Å²) in [4.78, 5) is 120. The maximum absolute atomic E-state index is 11.8. The van der Waals surface area contributed by atoms with Gasteiger partial charge in [-0.1, -0.05) is 0 Å². The predicted molar refractivity (Wildman–Crippen MR) is 152 cm³/mol. The summed E-state index contributed by atoms with van der Waals surface area (Å²) in [6.07, 6.45) is -11.6. The molecule has 0 bridgehead atoms. The van der Waals surface area contributed by atoms with Gasteiger partial charge in [0.2, 0.25) is 0 Å². The Balaban J connectivity index is 0.000000270. The Morgan fingerprint density at radius 2 is 1.00 bits per heavy atom. The molecule has 12 N–H and O–H groups in total. The second-order valence-electron chi connectivity index (χ2n) is 9.84. The number of aromatic nitrogens is 4. The van der Waals surface area contributed by atoms with E-state index >= 15 is 0 Å². The van der Waals surface area contributed by atoms with Crippen molar-refractivity contribution in [3.63, 3.8) is 0 Å². The van der Waals surface area contributed by atoms with Crippen molar-refractivity contribution in [1.82, 2.24) is 19.1 Å². The van der Waals surface area contributed by atoms with Crippen molar-refractivity contribution in [1.29, 1.82) is 0 Å². The maximum Gasteiger partial charge on any atom is 0.470 e. The minimum absolute atomic E-state index is 0.683. The molecule has 0 spiro atoms. The van der Waals surface area contributed by atoms with E-state index in [1.54, 1.807) is 0 Å². The van der Waals surface area contributed by atoms with Gasteiger partial charge in [0, 0.05) is 24.5 Å². The summed E-state index contributed by atoms with van der Waals surface area (Å²) in [5.74, 6) is 0. The molecular weight excluding hydrogens is 780 g/mol. The van der Waals surface area contributed by atoms with Crippen LogP contribution in [0.1, 0.15) is 12.5 Å². The number of aliphatic hydroxyl groups is 2. The lowest BCUT2D eigenvalue weighted by Gasteiger charge is -2.22. The van der Waals surface area contributed by atoms with Crippen LogP contribution in [0.3, 0.4) is 0 Å². The largest absolute Gasteiger partial charge is 0.470 e. The Labute approximate surface area is 274 Å². The first-order valence-electron chi connectivity index (χ1n) is 12.9. The van der Waals surface area contributed by atoms with Gasteiger partial charge in [0.25, 0.3) is 11.1 Å². The van der Waals surface area contributed by atoms with Gasteiger partial charge in [0.1, 0.15) is 36.6 Å². The van der Waals surface area contributed by atoms with E-state index in [2.05, 4.69) is 18.1 Å². The average Bonchev–Trinajstić information content (AvgIpc) is 3.39. The van der Waals surface area contributed by atoms with Gasteiger partial charge in [-0.05, 0) is 0 Å². The molecule has 4 heterocycles. The fraction of sp³-hybridized carbons (Fsp3) is 0.556. The van der Waals surface area contributed by atoms with E-state index in [0.29, 0.717) is 9.13 Å². The third kappa shape index (κ3) is 12.4. The number of nitrogens with zero attached hydrogens (tertiary/aromatic N) is 2. The first kappa shape index (κ1) is 42.1. The number of rotatable bonds is 12. The fourth-order valence-electron chi connectivity index (χ4n) is 4.32. The first-order chi connectivity index (χ1) is 22.7. The van der Waals surface area contributed by atoms with Crippen molar-refractivity contribution in [2.24, 2.45) is 0 Å². The third-order valence-corrected chi connectivity index (χ3v) is 8.21. The molecule has 0 saturated carbocycles. The number of aromatic amines is 2. The molecule has 0 aromatic carbocycles. The molecule has 0 unspecified atom stereocenters. The lowest BCUT2D eigenvalue weighted by molar-refractivity contribution is -0.0541. The molecule has 0 radical (unpaired) electrons. The molecular formula is C18H28N4O24P4. The van der Waals surface area contributed by atoms with Gasteiger partial charge in [0.05, 0.1) is 13.2 Å². The molecule has 0 aliphatic carbocycles. The van der Waals surface area contributed by atoms with Crippen LogP contribution in [0.2, 0.25) is 0 Å². The minimum atomic E-state index is -5.13. The summed E-state index contributed by atoms with van der Waals surface area (Å²) in [6.45, 7) is -1.76. The highest BCUT2D eigenvalue weighted by molar-refractivity contribution is 7.47. The van der Waals surface area contributed by atoms with Gasteiger partial charge in [-0.2, -0.15) is 0 Å². The first-order valence-corrected chi connectivity index (χ1v) is 19.0. The molecule has 2 aromatic heterocycles. The predicted octanol–water partition coefficient (Wildman–Crippen LogP) is -5.24. The van der Waals surface area contributed by atoms with E-state index in [1.807, 2.05) is 9.97 Å². The van der Waals surface area contributed by atoms with Gasteiger partial charge in [-0.25, -0.2) is 27.8 Å². The Hall–Kier alpha value is -2.36. The molecule has 28 nitrogen and oxygen atoms in total. The molecule has 2 aliphatic rings. The average molecular weight is 808 g/mol. The van der Waals surface area contributed by atoms with Crippen LogP contribution in [-0.2, 0) is 45.8 Å². The molecule has 4 rings (SSSR count). The summed E-state index contributed by atoms with van der Waals surface area (Å²) in [5.41, 5.74) is -3.52. The van der Waals surface area contributed by atoms with Crippen LogP contribution in [-0.4, -0.2) is 118 Å². The molecule has 50 heavy (non-hydrogen) atoms. The van der Waals surface area contributed by atoms with Gasteiger partial charge in [-0.15, -0.1) is 0 Å². The smallest absolute Gasteiger partial charge is 0.387 e. The van der Waals surface area contributed by atoms with Crippen LogP contribution in [0.15, 0.2) is 43.7 Å². The van der Waals surface area contributed by atoms with Crippen LogP contribution in [0.5, 0.6) is 0 Å². The zero-order valence-corrected chi connectivity index (χ0v) is 27.8. The standard InChI is InChI=1S/2C9H14N2O12P2/c12-5-1-2-11(9(14)10-5)8-6(13)7(23-25(18,19)20)4(22-8)3-21-24(15,16)17;12-5-1-2-11(9(14)10-5)8-7(23-25(18,19)20)6(13)4(22-8)3-21-24(15,16)17/h2*1-2,4,6-8,13H,3H2,(H,10,12,14)(H2,15,16,17)(H2,18,19,20)/t2*4-,6-,7-,8-/m11/s1. The second kappa shape index (κ2) is 16.1. The number of phosphoric acid groups is 4. The summed E-state index contributed by atoms with van der Waals surface area (Å²) in [6, 6.07) is 1.83. The lowest BCUT2D eigenvalue weighted by atomic mass is 10.1. The van der Waals surface area contributed by atoms with Crippen molar-refractivity contribution in [2.45, 2.75) is 49.1 Å². The molecule has 2 fully saturated rings. The van der Waals surface area contributed by atoms with Gasteiger partial charge in [-0.3, -0.25) is 46.8 Å². The highest BCUT2D eigenvalue weighted by Gasteiger charge is 2.50. The van der Waals surface area contributed by atoms with E-state index in [9.17, 15) is 47.7 Å². The number of hydrogen-bond acceptors (Lipinski definition) is 16. The topological polar surface area (TPSA) is 436 Å². The number of nitrogens with one attached hydrogen (secondary N) is 2. The zero-order chi connectivity index (χ0) is 38.0. The third-order valence-electron chi connectivity index (χ3n) is 6.20. The highest BCUT2D eigenvalue weighted by atomic mass is 31.2. The number of phosphoric ester groups is 4. The van der Waals surface area contributed by atoms with Gasteiger partial charge < -0.3 is 58.8 Å².